The predicted molar refractivity (Wildman–Crippen MR) is 98.8 cm³/mol. The molecule has 4 heterocycles. The molecule has 4 unspecified atom stereocenters. The van der Waals surface area contributed by atoms with Gasteiger partial charge in [-0.05, 0) is 19.1 Å². The number of nitrogens with two attached hydrogens (primary N) is 1. The zero-order valence-electron chi connectivity index (χ0n) is 14.9. The summed E-state index contributed by atoms with van der Waals surface area (Å²) >= 11 is 0. The number of hydrogen-bond donors (Lipinski definition) is 4. The number of hydrazine groups is 1. The third-order valence-corrected chi connectivity index (χ3v) is 4.93. The average Bonchev–Trinajstić information content (AvgIpc) is 2.98. The molecule has 5 N–H and O–H groups in total. The van der Waals surface area contributed by atoms with Crippen molar-refractivity contribution in [2.24, 2.45) is 11.7 Å². The first-order chi connectivity index (χ1) is 13.0. The van der Waals surface area contributed by atoms with Crippen LogP contribution in [-0.4, -0.2) is 52.5 Å². The van der Waals surface area contributed by atoms with Gasteiger partial charge in [-0.15, -0.1) is 0 Å². The van der Waals surface area contributed by atoms with Crippen molar-refractivity contribution in [3.8, 4) is 11.1 Å². The van der Waals surface area contributed by atoms with Gasteiger partial charge in [0.25, 0.3) is 0 Å². The van der Waals surface area contributed by atoms with Crippen molar-refractivity contribution in [1.29, 1.82) is 0 Å². The highest BCUT2D eigenvalue weighted by Crippen LogP contribution is 2.29. The maximum Gasteiger partial charge on any atom is 0.233 e. The highest BCUT2D eigenvalue weighted by Gasteiger charge is 2.47. The van der Waals surface area contributed by atoms with Crippen molar-refractivity contribution in [1.82, 2.24) is 25.7 Å². The highest BCUT2D eigenvalue weighted by molar-refractivity contribution is 5.97. The molecule has 0 spiro atoms. The molecule has 0 saturated carbocycles. The number of aryl methyl sites for hydroxylation is 1. The Morgan fingerprint density at radius 3 is 3.00 bits per heavy atom. The van der Waals surface area contributed by atoms with Gasteiger partial charge in [0.05, 0.1) is 30.1 Å². The standard InChI is InChI=1S/C18H22FN7O/c1-10-2-3-11(6-22-10)13-4-5-21-8-14(13)24-18(27)15-16(20)25-26-9-12(19)7-23-17(15)26/h2-6,8,12,15-17,23,25H,7,9,20H2,1H3,(H,24,27). The Hall–Kier alpha value is -2.46. The fourth-order valence-corrected chi connectivity index (χ4v) is 3.57. The number of aromatic nitrogens is 2. The second kappa shape index (κ2) is 7.28. The molecule has 0 aliphatic carbocycles. The van der Waals surface area contributed by atoms with Crippen LogP contribution in [0.1, 0.15) is 5.69 Å². The minimum Gasteiger partial charge on any atom is -0.324 e. The number of nitrogens with zero attached hydrogens (tertiary/aromatic N) is 3. The molecule has 2 aromatic rings. The Kier molecular flexibility index (Phi) is 4.83. The van der Waals surface area contributed by atoms with E-state index in [1.54, 1.807) is 23.6 Å². The molecule has 2 saturated heterocycles. The Labute approximate surface area is 156 Å². The predicted octanol–water partition coefficient (Wildman–Crippen LogP) is 0.379. The van der Waals surface area contributed by atoms with E-state index >= 15 is 0 Å². The van der Waals surface area contributed by atoms with Crippen LogP contribution in [0, 0.1) is 12.8 Å². The molecule has 9 heteroatoms. The summed E-state index contributed by atoms with van der Waals surface area (Å²) in [7, 11) is 0. The van der Waals surface area contributed by atoms with Gasteiger partial charge in [0.15, 0.2) is 0 Å². The Bertz CT molecular complexity index is 831. The van der Waals surface area contributed by atoms with Gasteiger partial charge in [0, 0.05) is 42.3 Å². The first-order valence-corrected chi connectivity index (χ1v) is 8.86. The minimum atomic E-state index is -0.998. The molecule has 27 heavy (non-hydrogen) atoms. The molecule has 4 atom stereocenters. The lowest BCUT2D eigenvalue weighted by Gasteiger charge is -2.33. The van der Waals surface area contributed by atoms with Crippen molar-refractivity contribution < 1.29 is 9.18 Å². The third kappa shape index (κ3) is 3.54. The number of carbonyl (C=O) groups excluding carboxylic acids is 1. The molecule has 2 aliphatic heterocycles. The quantitative estimate of drug-likeness (QED) is 0.618. The first-order valence-electron chi connectivity index (χ1n) is 8.86. The zero-order valence-corrected chi connectivity index (χ0v) is 14.9. The van der Waals surface area contributed by atoms with Gasteiger partial charge >= 0.3 is 0 Å². The number of hydrogen-bond acceptors (Lipinski definition) is 7. The molecule has 4 rings (SSSR count). The summed E-state index contributed by atoms with van der Waals surface area (Å²) in [5.74, 6) is -0.816. The van der Waals surface area contributed by atoms with E-state index in [1.165, 1.54) is 0 Å². The van der Waals surface area contributed by atoms with Crippen molar-refractivity contribution >= 4 is 11.6 Å². The van der Waals surface area contributed by atoms with E-state index in [0.717, 1.165) is 16.8 Å². The van der Waals surface area contributed by atoms with Gasteiger partial charge < -0.3 is 11.1 Å². The summed E-state index contributed by atoms with van der Waals surface area (Å²) in [5, 5.41) is 7.65. The number of halogens is 1. The summed E-state index contributed by atoms with van der Waals surface area (Å²) in [6, 6.07) is 5.69. The molecule has 8 nitrogen and oxygen atoms in total. The largest absolute Gasteiger partial charge is 0.324 e. The van der Waals surface area contributed by atoms with Crippen molar-refractivity contribution in [3.63, 3.8) is 0 Å². The second-order valence-electron chi connectivity index (χ2n) is 6.88. The van der Waals surface area contributed by atoms with Crippen molar-refractivity contribution in [2.75, 3.05) is 18.4 Å². The lowest BCUT2D eigenvalue weighted by molar-refractivity contribution is -0.121. The van der Waals surface area contributed by atoms with Crippen LogP contribution in [-0.2, 0) is 4.79 Å². The average molecular weight is 371 g/mol. The fourth-order valence-electron chi connectivity index (χ4n) is 3.57. The van der Waals surface area contributed by atoms with Gasteiger partial charge in [-0.3, -0.25) is 20.1 Å². The van der Waals surface area contributed by atoms with E-state index in [1.807, 2.05) is 25.1 Å². The Morgan fingerprint density at radius 1 is 1.37 bits per heavy atom. The van der Waals surface area contributed by atoms with Gasteiger partial charge in [-0.1, -0.05) is 6.07 Å². The smallest absolute Gasteiger partial charge is 0.233 e. The van der Waals surface area contributed by atoms with Gasteiger partial charge in [0.1, 0.15) is 6.17 Å². The number of rotatable bonds is 3. The van der Waals surface area contributed by atoms with Crippen molar-refractivity contribution in [2.45, 2.75) is 25.4 Å². The van der Waals surface area contributed by atoms with Crippen LogP contribution in [0.25, 0.3) is 11.1 Å². The normalized spacial score (nSPS) is 28.0. The summed E-state index contributed by atoms with van der Waals surface area (Å²) < 4.78 is 13.6. The van der Waals surface area contributed by atoms with Crippen LogP contribution in [0.4, 0.5) is 10.1 Å². The fraction of sp³-hybridized carbons (Fsp3) is 0.389. The first kappa shape index (κ1) is 17.9. The summed E-state index contributed by atoms with van der Waals surface area (Å²) in [6.07, 6.45) is 3.07. The third-order valence-electron chi connectivity index (χ3n) is 4.93. The molecule has 2 fully saturated rings. The number of anilines is 1. The molecule has 1 amide bonds. The minimum absolute atomic E-state index is 0.197. The molecule has 0 radical (unpaired) electrons. The summed E-state index contributed by atoms with van der Waals surface area (Å²) in [5.41, 5.74) is 12.3. The van der Waals surface area contributed by atoms with E-state index in [2.05, 4.69) is 26.0 Å². The van der Waals surface area contributed by atoms with Crippen LogP contribution < -0.4 is 21.8 Å². The van der Waals surface area contributed by atoms with E-state index in [0.29, 0.717) is 5.69 Å². The van der Waals surface area contributed by atoms with Crippen molar-refractivity contribution in [3.05, 3.63) is 42.5 Å². The van der Waals surface area contributed by atoms with Gasteiger partial charge in [-0.2, -0.15) is 0 Å². The molecule has 142 valence electrons. The molecular formula is C18H22FN7O. The Morgan fingerprint density at radius 2 is 2.22 bits per heavy atom. The van der Waals surface area contributed by atoms with Crippen LogP contribution in [0.15, 0.2) is 36.8 Å². The second-order valence-corrected chi connectivity index (χ2v) is 6.88. The van der Waals surface area contributed by atoms with Gasteiger partial charge in [-0.25, -0.2) is 14.8 Å². The Balaban J connectivity index is 1.56. The number of pyridine rings is 2. The lowest BCUT2D eigenvalue weighted by Crippen LogP contribution is -2.58. The van der Waals surface area contributed by atoms with E-state index in [4.69, 9.17) is 5.73 Å². The SMILES string of the molecule is Cc1ccc(-c2ccncc2NC(=O)C2C(N)NN3CC(F)CNC23)cn1. The van der Waals surface area contributed by atoms with Crippen LogP contribution >= 0.6 is 0 Å². The van der Waals surface area contributed by atoms with Crippen LogP contribution in [0.5, 0.6) is 0 Å². The van der Waals surface area contributed by atoms with Crippen LogP contribution in [0.3, 0.4) is 0 Å². The number of carbonyl (C=O) groups is 1. The van der Waals surface area contributed by atoms with E-state index in [-0.39, 0.29) is 25.2 Å². The zero-order chi connectivity index (χ0) is 19.0. The highest BCUT2D eigenvalue weighted by atomic mass is 19.1. The monoisotopic (exact) mass is 371 g/mol. The van der Waals surface area contributed by atoms with E-state index in [9.17, 15) is 9.18 Å². The van der Waals surface area contributed by atoms with Crippen LogP contribution in [0.2, 0.25) is 0 Å². The maximum atomic E-state index is 13.6. The van der Waals surface area contributed by atoms with Gasteiger partial charge in [0.2, 0.25) is 5.91 Å². The lowest BCUT2D eigenvalue weighted by atomic mass is 10.0. The molecule has 0 bridgehead atoms. The molecule has 2 aliphatic rings. The topological polar surface area (TPSA) is 108 Å². The number of fused-ring (bicyclic) bond motifs is 1. The summed E-state index contributed by atoms with van der Waals surface area (Å²) in [4.78, 5) is 21.4. The summed E-state index contributed by atoms with van der Waals surface area (Å²) in [6.45, 7) is 2.31. The molecular weight excluding hydrogens is 349 g/mol. The molecule has 2 aromatic heterocycles. The number of nitrogens with one attached hydrogen (secondary N) is 3. The molecule has 0 aromatic carbocycles. The maximum absolute atomic E-state index is 13.6. The number of amides is 1. The number of alkyl halides is 1. The van der Waals surface area contributed by atoms with E-state index < -0.39 is 18.3 Å².